The number of carbonyl (C=O) groups is 1. The van der Waals surface area contributed by atoms with E-state index in [1.807, 2.05) is 17.3 Å². The van der Waals surface area contributed by atoms with E-state index in [1.165, 1.54) is 0 Å². The van der Waals surface area contributed by atoms with Crippen molar-refractivity contribution in [3.05, 3.63) is 0 Å². The second-order valence-corrected chi connectivity index (χ2v) is 3.62. The number of rotatable bonds is 2. The number of halogens is 3. The highest BCUT2D eigenvalue weighted by atomic mass is 19.4. The molecule has 0 aromatic rings. The van der Waals surface area contributed by atoms with Crippen molar-refractivity contribution < 1.29 is 18.0 Å². The highest BCUT2D eigenvalue weighted by Gasteiger charge is 2.38. The summed E-state index contributed by atoms with van der Waals surface area (Å²) in [4.78, 5) is 12.5. The number of nitrogens with one attached hydrogen (secondary N) is 2. The third kappa shape index (κ3) is 4.05. The quantitative estimate of drug-likeness (QED) is 0.670. The van der Waals surface area contributed by atoms with Crippen LogP contribution in [-0.4, -0.2) is 56.3 Å². The van der Waals surface area contributed by atoms with Crippen LogP contribution in [0.1, 0.15) is 0 Å². The van der Waals surface area contributed by atoms with E-state index in [1.54, 1.807) is 0 Å². The Morgan fingerprint density at radius 1 is 1.60 bits per heavy atom. The smallest absolute Gasteiger partial charge is 0.347 e. The molecular formula is C8H14F3N3O. The molecule has 0 spiro atoms. The summed E-state index contributed by atoms with van der Waals surface area (Å²) in [7, 11) is 1.89. The van der Waals surface area contributed by atoms with Crippen LogP contribution in [0.3, 0.4) is 0 Å². The predicted octanol–water partition coefficient (Wildman–Crippen LogP) is -0.432. The third-order valence-corrected chi connectivity index (χ3v) is 2.23. The Kier molecular flexibility index (Phi) is 3.92. The fourth-order valence-corrected chi connectivity index (χ4v) is 1.44. The van der Waals surface area contributed by atoms with Gasteiger partial charge >= 0.3 is 12.1 Å². The number of carbonyl (C=O) groups excluding carboxylic acids is 1. The molecule has 0 bridgehead atoms. The number of alkyl halides is 3. The van der Waals surface area contributed by atoms with Crippen LogP contribution in [0.2, 0.25) is 0 Å². The van der Waals surface area contributed by atoms with Gasteiger partial charge in [0.1, 0.15) is 0 Å². The van der Waals surface area contributed by atoms with E-state index in [9.17, 15) is 18.0 Å². The molecule has 0 saturated carbocycles. The summed E-state index contributed by atoms with van der Waals surface area (Å²) < 4.78 is 35.5. The van der Waals surface area contributed by atoms with Gasteiger partial charge in [-0.05, 0) is 7.05 Å². The Balaban J connectivity index is 2.28. The summed E-state index contributed by atoms with van der Waals surface area (Å²) in [5, 5.41) is 4.89. The van der Waals surface area contributed by atoms with Crippen molar-refractivity contribution in [1.29, 1.82) is 0 Å². The zero-order chi connectivity index (χ0) is 11.5. The summed E-state index contributed by atoms with van der Waals surface area (Å²) in [5.74, 6) is -1.88. The molecule has 0 radical (unpaired) electrons. The fourth-order valence-electron chi connectivity index (χ4n) is 1.44. The minimum absolute atomic E-state index is 0.00266. The van der Waals surface area contributed by atoms with Gasteiger partial charge in [0.15, 0.2) is 0 Å². The van der Waals surface area contributed by atoms with Crippen molar-refractivity contribution >= 4 is 5.91 Å². The molecule has 1 heterocycles. The number of piperazine rings is 1. The highest BCUT2D eigenvalue weighted by Crippen LogP contribution is 2.13. The van der Waals surface area contributed by atoms with Crippen LogP contribution < -0.4 is 10.6 Å². The predicted molar refractivity (Wildman–Crippen MR) is 48.4 cm³/mol. The molecule has 7 heteroatoms. The van der Waals surface area contributed by atoms with Gasteiger partial charge in [-0.15, -0.1) is 0 Å². The lowest BCUT2D eigenvalue weighted by Crippen LogP contribution is -2.54. The first-order valence-electron chi connectivity index (χ1n) is 4.66. The molecule has 1 saturated heterocycles. The molecule has 1 aliphatic heterocycles. The molecular weight excluding hydrogens is 211 g/mol. The topological polar surface area (TPSA) is 44.4 Å². The van der Waals surface area contributed by atoms with Gasteiger partial charge in [0.25, 0.3) is 0 Å². The van der Waals surface area contributed by atoms with Gasteiger partial charge in [0.05, 0.1) is 0 Å². The molecule has 0 aromatic heterocycles. The van der Waals surface area contributed by atoms with E-state index in [4.69, 9.17) is 0 Å². The Hall–Kier alpha value is -0.820. The summed E-state index contributed by atoms with van der Waals surface area (Å²) in [6, 6.07) is -0.116. The largest absolute Gasteiger partial charge is 0.471 e. The molecule has 1 atom stereocenters. The van der Waals surface area contributed by atoms with Gasteiger partial charge in [0.2, 0.25) is 0 Å². The van der Waals surface area contributed by atoms with Crippen LogP contribution in [0.25, 0.3) is 0 Å². The lowest BCUT2D eigenvalue weighted by atomic mass is 10.2. The number of nitrogens with zero attached hydrogens (tertiary/aromatic N) is 1. The van der Waals surface area contributed by atoms with Gasteiger partial charge in [-0.2, -0.15) is 13.2 Å². The molecule has 88 valence electrons. The van der Waals surface area contributed by atoms with E-state index in [0.717, 1.165) is 13.1 Å². The van der Waals surface area contributed by atoms with E-state index < -0.39 is 12.1 Å². The van der Waals surface area contributed by atoms with E-state index >= 15 is 0 Å². The van der Waals surface area contributed by atoms with Crippen LogP contribution in [0.5, 0.6) is 0 Å². The molecule has 1 fully saturated rings. The van der Waals surface area contributed by atoms with E-state index in [-0.39, 0.29) is 12.6 Å². The standard InChI is InChI=1S/C8H14F3N3O/c1-14-3-2-12-6(5-14)4-13-7(15)8(9,10)11/h6,12H,2-5H2,1H3,(H,13,15)/t6-/m0/s1. The van der Waals surface area contributed by atoms with Crippen molar-refractivity contribution in [3.63, 3.8) is 0 Å². The summed E-state index contributed by atoms with van der Waals surface area (Å²) in [6.07, 6.45) is -4.79. The fraction of sp³-hybridized carbons (Fsp3) is 0.875. The van der Waals surface area contributed by atoms with E-state index in [0.29, 0.717) is 6.54 Å². The number of likely N-dealkylation sites (N-methyl/N-ethyl adjacent to an activating group) is 1. The maximum absolute atomic E-state index is 11.8. The zero-order valence-corrected chi connectivity index (χ0v) is 8.40. The van der Waals surface area contributed by atoms with Crippen molar-refractivity contribution in [1.82, 2.24) is 15.5 Å². The first-order valence-corrected chi connectivity index (χ1v) is 4.66. The SMILES string of the molecule is CN1CCN[C@@H](CNC(=O)C(F)(F)F)C1. The molecule has 0 unspecified atom stereocenters. The second-order valence-electron chi connectivity index (χ2n) is 3.62. The second kappa shape index (κ2) is 4.80. The van der Waals surface area contributed by atoms with Gasteiger partial charge in [-0.1, -0.05) is 0 Å². The van der Waals surface area contributed by atoms with Gasteiger partial charge < -0.3 is 15.5 Å². The number of hydrogen-bond acceptors (Lipinski definition) is 3. The lowest BCUT2D eigenvalue weighted by Gasteiger charge is -2.30. The maximum atomic E-state index is 11.8. The molecule has 0 aromatic carbocycles. The van der Waals surface area contributed by atoms with Crippen LogP contribution >= 0.6 is 0 Å². The number of hydrogen-bond donors (Lipinski definition) is 2. The Bertz CT molecular complexity index is 232. The molecule has 1 rings (SSSR count). The third-order valence-electron chi connectivity index (χ3n) is 2.23. The molecule has 4 nitrogen and oxygen atoms in total. The van der Waals surface area contributed by atoms with Crippen LogP contribution in [0, 0.1) is 0 Å². The first kappa shape index (κ1) is 12.3. The zero-order valence-electron chi connectivity index (χ0n) is 8.40. The molecule has 2 N–H and O–H groups in total. The highest BCUT2D eigenvalue weighted by molar-refractivity contribution is 5.81. The summed E-state index contributed by atoms with van der Waals surface area (Å²) in [6.45, 7) is 2.23. The van der Waals surface area contributed by atoms with Crippen molar-refractivity contribution in [3.8, 4) is 0 Å². The number of amides is 1. The Labute approximate surface area is 85.8 Å². The molecule has 15 heavy (non-hydrogen) atoms. The summed E-state index contributed by atoms with van der Waals surface area (Å²) in [5.41, 5.74) is 0. The molecule has 1 amide bonds. The minimum atomic E-state index is -4.79. The average molecular weight is 225 g/mol. The van der Waals surface area contributed by atoms with Gasteiger partial charge in [-0.3, -0.25) is 4.79 Å². The molecule has 1 aliphatic rings. The monoisotopic (exact) mass is 225 g/mol. The van der Waals surface area contributed by atoms with Crippen LogP contribution in [0.15, 0.2) is 0 Å². The molecule has 0 aliphatic carbocycles. The normalized spacial score (nSPS) is 23.9. The minimum Gasteiger partial charge on any atom is -0.347 e. The van der Waals surface area contributed by atoms with Gasteiger partial charge in [-0.25, -0.2) is 0 Å². The van der Waals surface area contributed by atoms with Crippen molar-refractivity contribution in [2.45, 2.75) is 12.2 Å². The van der Waals surface area contributed by atoms with Crippen molar-refractivity contribution in [2.24, 2.45) is 0 Å². The summed E-state index contributed by atoms with van der Waals surface area (Å²) >= 11 is 0. The lowest BCUT2D eigenvalue weighted by molar-refractivity contribution is -0.173. The van der Waals surface area contributed by atoms with Crippen LogP contribution in [-0.2, 0) is 4.79 Å². The van der Waals surface area contributed by atoms with Gasteiger partial charge in [0, 0.05) is 32.2 Å². The Morgan fingerprint density at radius 3 is 2.80 bits per heavy atom. The Morgan fingerprint density at radius 2 is 2.27 bits per heavy atom. The van der Waals surface area contributed by atoms with Crippen molar-refractivity contribution in [2.75, 3.05) is 33.2 Å². The van der Waals surface area contributed by atoms with Crippen LogP contribution in [0.4, 0.5) is 13.2 Å². The average Bonchev–Trinajstić information content (AvgIpc) is 2.12. The maximum Gasteiger partial charge on any atom is 0.471 e. The first-order chi connectivity index (χ1) is 6.89. The van der Waals surface area contributed by atoms with E-state index in [2.05, 4.69) is 5.32 Å².